The minimum Gasteiger partial charge on any atom is -0.382 e. The zero-order valence-corrected chi connectivity index (χ0v) is 12.9. The van der Waals surface area contributed by atoms with Gasteiger partial charge in [0, 0.05) is 5.41 Å². The first-order valence-electron chi connectivity index (χ1n) is 8.77. The van der Waals surface area contributed by atoms with Crippen molar-refractivity contribution >= 4 is 0 Å². The van der Waals surface area contributed by atoms with Crippen LogP contribution in [0.1, 0.15) is 50.2 Å². The van der Waals surface area contributed by atoms with Crippen molar-refractivity contribution in [1.29, 1.82) is 0 Å². The molecule has 5 rings (SSSR count). The molecule has 1 aromatic rings. The van der Waals surface area contributed by atoms with E-state index in [0.29, 0.717) is 5.41 Å². The maximum atomic E-state index is 10.3. The van der Waals surface area contributed by atoms with Gasteiger partial charge in [-0.2, -0.15) is 0 Å². The summed E-state index contributed by atoms with van der Waals surface area (Å²) in [7, 11) is 0. The number of aliphatic hydroxyl groups excluding tert-OH is 1. The zero-order valence-electron chi connectivity index (χ0n) is 12.9. The van der Waals surface area contributed by atoms with Crippen LogP contribution in [0.3, 0.4) is 0 Å². The Hall–Kier alpha value is -0.860. The molecule has 1 atom stereocenters. The largest absolute Gasteiger partial charge is 0.382 e. The summed E-state index contributed by atoms with van der Waals surface area (Å²) in [6.45, 7) is 2.05. The normalized spacial score (nSPS) is 38.6. The van der Waals surface area contributed by atoms with Crippen LogP contribution in [-0.4, -0.2) is 18.2 Å². The molecule has 4 aliphatic carbocycles. The fraction of sp³-hybridized carbons (Fsp3) is 0.684. The van der Waals surface area contributed by atoms with E-state index < -0.39 is 0 Å². The van der Waals surface area contributed by atoms with Gasteiger partial charge < -0.3 is 10.4 Å². The predicted molar refractivity (Wildman–Crippen MR) is 83.7 cm³/mol. The van der Waals surface area contributed by atoms with Gasteiger partial charge in [-0.15, -0.1) is 0 Å². The minimum atomic E-state index is -0.319. The number of quaternary nitrogens is 1. The quantitative estimate of drug-likeness (QED) is 0.857. The van der Waals surface area contributed by atoms with Gasteiger partial charge in [0.2, 0.25) is 0 Å². The Morgan fingerprint density at radius 3 is 2.14 bits per heavy atom. The Bertz CT molecular complexity index is 448. The highest BCUT2D eigenvalue weighted by Gasteiger charge is 2.51. The van der Waals surface area contributed by atoms with Gasteiger partial charge in [-0.25, -0.2) is 0 Å². The molecule has 0 saturated heterocycles. The van der Waals surface area contributed by atoms with Crippen LogP contribution in [0, 0.1) is 23.2 Å². The first-order chi connectivity index (χ1) is 10.2. The monoisotopic (exact) mass is 286 g/mol. The lowest BCUT2D eigenvalue weighted by Gasteiger charge is -2.56. The number of rotatable bonds is 5. The summed E-state index contributed by atoms with van der Waals surface area (Å²) in [6, 6.07) is 10.1. The lowest BCUT2D eigenvalue weighted by molar-refractivity contribution is -0.675. The van der Waals surface area contributed by atoms with Gasteiger partial charge in [0.05, 0.1) is 6.54 Å². The number of hydrogen-bond acceptors (Lipinski definition) is 1. The van der Waals surface area contributed by atoms with Crippen LogP contribution >= 0.6 is 0 Å². The summed E-state index contributed by atoms with van der Waals surface area (Å²) in [4.78, 5) is 0. The van der Waals surface area contributed by atoms with E-state index in [0.717, 1.165) is 29.9 Å². The van der Waals surface area contributed by atoms with Crippen molar-refractivity contribution in [3.05, 3.63) is 35.9 Å². The van der Waals surface area contributed by atoms with Crippen molar-refractivity contribution in [1.82, 2.24) is 0 Å². The Kier molecular flexibility index (Phi) is 3.55. The minimum absolute atomic E-state index is 0.319. The SMILES string of the molecule is O[C@H](C[NH2+]CC12CC3CC(CC(C3)C1)C2)c1ccccc1. The number of benzene rings is 1. The van der Waals surface area contributed by atoms with E-state index in [1.54, 1.807) is 0 Å². The smallest absolute Gasteiger partial charge is 0.128 e. The zero-order chi connectivity index (χ0) is 14.3. The van der Waals surface area contributed by atoms with Gasteiger partial charge in [-0.1, -0.05) is 30.3 Å². The maximum absolute atomic E-state index is 10.3. The molecule has 21 heavy (non-hydrogen) atoms. The molecule has 4 aliphatic rings. The van der Waals surface area contributed by atoms with E-state index in [1.807, 2.05) is 30.3 Å². The lowest BCUT2D eigenvalue weighted by Crippen LogP contribution is -2.88. The third-order valence-corrected chi connectivity index (χ3v) is 6.32. The molecule has 0 spiro atoms. The Balaban J connectivity index is 1.33. The summed E-state index contributed by atoms with van der Waals surface area (Å²) in [5, 5.41) is 12.7. The van der Waals surface area contributed by atoms with Gasteiger partial charge in [0.25, 0.3) is 0 Å². The van der Waals surface area contributed by atoms with Crippen LogP contribution in [0.2, 0.25) is 0 Å². The molecule has 114 valence electrons. The van der Waals surface area contributed by atoms with E-state index >= 15 is 0 Å². The van der Waals surface area contributed by atoms with E-state index in [2.05, 4.69) is 5.32 Å². The van der Waals surface area contributed by atoms with Gasteiger partial charge in [-0.05, 0) is 61.8 Å². The van der Waals surface area contributed by atoms with Gasteiger partial charge in [-0.3, -0.25) is 0 Å². The van der Waals surface area contributed by atoms with E-state index in [1.165, 1.54) is 45.1 Å². The molecule has 0 aromatic heterocycles. The van der Waals surface area contributed by atoms with Crippen LogP contribution in [0.15, 0.2) is 30.3 Å². The van der Waals surface area contributed by atoms with Gasteiger partial charge >= 0.3 is 0 Å². The molecule has 2 heteroatoms. The summed E-state index contributed by atoms with van der Waals surface area (Å²) >= 11 is 0. The fourth-order valence-corrected chi connectivity index (χ4v) is 5.90. The van der Waals surface area contributed by atoms with E-state index in [9.17, 15) is 5.11 Å². The third kappa shape index (κ3) is 2.76. The summed E-state index contributed by atoms with van der Waals surface area (Å²) in [5.74, 6) is 3.09. The number of aliphatic hydroxyl groups is 1. The van der Waals surface area contributed by atoms with E-state index in [4.69, 9.17) is 0 Å². The van der Waals surface area contributed by atoms with Crippen molar-refractivity contribution in [2.75, 3.05) is 13.1 Å². The molecule has 3 N–H and O–H groups in total. The molecule has 4 saturated carbocycles. The average Bonchev–Trinajstić information content (AvgIpc) is 2.46. The standard InChI is InChI=1S/C19H27NO/c21-18(17-4-2-1-3-5-17)12-20-13-19-9-14-6-15(10-19)8-16(7-14)11-19/h1-5,14-16,18,20-21H,6-13H2/p+1/t14?,15?,16?,18-,19?/m1/s1. The van der Waals surface area contributed by atoms with Gasteiger partial charge in [0.15, 0.2) is 0 Å². The highest BCUT2D eigenvalue weighted by Crippen LogP contribution is 2.59. The molecular formula is C19H28NO+. The molecule has 0 unspecified atom stereocenters. The van der Waals surface area contributed by atoms with Crippen molar-refractivity contribution in [2.45, 2.75) is 44.6 Å². The topological polar surface area (TPSA) is 36.8 Å². The van der Waals surface area contributed by atoms with Crippen LogP contribution in [0.4, 0.5) is 0 Å². The Morgan fingerprint density at radius 2 is 1.57 bits per heavy atom. The van der Waals surface area contributed by atoms with Crippen molar-refractivity contribution in [3.63, 3.8) is 0 Å². The molecule has 4 fully saturated rings. The summed E-state index contributed by atoms with van der Waals surface area (Å²) in [6.07, 6.45) is 8.65. The highest BCUT2D eigenvalue weighted by atomic mass is 16.3. The fourth-order valence-electron chi connectivity index (χ4n) is 5.90. The Labute approximate surface area is 128 Å². The lowest BCUT2D eigenvalue weighted by atomic mass is 9.49. The van der Waals surface area contributed by atoms with Crippen molar-refractivity contribution < 1.29 is 10.4 Å². The number of nitrogens with two attached hydrogens (primary N) is 1. The molecule has 4 bridgehead atoms. The van der Waals surface area contributed by atoms with Crippen molar-refractivity contribution in [3.8, 4) is 0 Å². The summed E-state index contributed by atoms with van der Waals surface area (Å²) < 4.78 is 0. The molecule has 0 heterocycles. The van der Waals surface area contributed by atoms with Crippen LogP contribution in [0.25, 0.3) is 0 Å². The molecule has 1 aromatic carbocycles. The maximum Gasteiger partial charge on any atom is 0.128 e. The molecule has 2 nitrogen and oxygen atoms in total. The van der Waals surface area contributed by atoms with Crippen molar-refractivity contribution in [2.24, 2.45) is 23.2 Å². The van der Waals surface area contributed by atoms with Crippen LogP contribution < -0.4 is 5.32 Å². The van der Waals surface area contributed by atoms with Crippen LogP contribution in [-0.2, 0) is 0 Å². The molecule has 0 radical (unpaired) electrons. The first kappa shape index (κ1) is 13.8. The Morgan fingerprint density at radius 1 is 1.00 bits per heavy atom. The second-order valence-electron chi connectivity index (χ2n) is 8.07. The number of hydrogen-bond donors (Lipinski definition) is 2. The molecular weight excluding hydrogens is 258 g/mol. The third-order valence-electron chi connectivity index (χ3n) is 6.32. The summed E-state index contributed by atoms with van der Waals surface area (Å²) in [5.41, 5.74) is 1.67. The van der Waals surface area contributed by atoms with Crippen LogP contribution in [0.5, 0.6) is 0 Å². The predicted octanol–water partition coefficient (Wildman–Crippen LogP) is 2.50. The first-order valence-corrected chi connectivity index (χ1v) is 8.77. The van der Waals surface area contributed by atoms with E-state index in [-0.39, 0.29) is 6.10 Å². The molecule has 0 aliphatic heterocycles. The average molecular weight is 286 g/mol. The molecule has 0 amide bonds. The second kappa shape index (κ2) is 5.40. The highest BCUT2D eigenvalue weighted by molar-refractivity contribution is 5.17. The van der Waals surface area contributed by atoms with Gasteiger partial charge in [0.1, 0.15) is 12.6 Å². The second-order valence-corrected chi connectivity index (χ2v) is 8.07.